The van der Waals surface area contributed by atoms with E-state index in [4.69, 9.17) is 0 Å². The maximum absolute atomic E-state index is 13.8. The molecule has 2 amide bonds. The number of amides is 2. The summed E-state index contributed by atoms with van der Waals surface area (Å²) in [5.74, 6) is -1.57. The zero-order valence-corrected chi connectivity index (χ0v) is 13.8. The Morgan fingerprint density at radius 2 is 2.04 bits per heavy atom. The van der Waals surface area contributed by atoms with Gasteiger partial charge in [-0.3, -0.25) is 0 Å². The number of halogens is 2. The fraction of sp³-hybridized carbons (Fsp3) is 0.316. The minimum atomic E-state index is -0.671. The van der Waals surface area contributed by atoms with E-state index < -0.39 is 29.8 Å². The summed E-state index contributed by atoms with van der Waals surface area (Å²) in [6.45, 7) is 1.94. The molecule has 3 atom stereocenters. The molecule has 1 aliphatic rings. The lowest BCUT2D eigenvalue weighted by Crippen LogP contribution is -2.42. The zero-order valence-electron chi connectivity index (χ0n) is 13.8. The molecule has 0 aromatic heterocycles. The van der Waals surface area contributed by atoms with E-state index in [1.54, 1.807) is 6.92 Å². The monoisotopic (exact) mass is 346 g/mol. The van der Waals surface area contributed by atoms with Crippen molar-refractivity contribution < 1.29 is 18.7 Å². The number of fused-ring (bicyclic) bond motifs is 1. The van der Waals surface area contributed by atoms with Gasteiger partial charge < -0.3 is 15.7 Å². The molecule has 1 aliphatic carbocycles. The average Bonchev–Trinajstić information content (AvgIpc) is 2.88. The van der Waals surface area contributed by atoms with Crippen LogP contribution in [0.3, 0.4) is 0 Å². The SMILES string of the molecule is CC(CNC(=O)N[C@H]1c2ccccc2C[C@H]1O)c1ccc(F)cc1F. The Balaban J connectivity index is 1.58. The molecule has 132 valence electrons. The van der Waals surface area contributed by atoms with Gasteiger partial charge in [0.05, 0.1) is 12.1 Å². The van der Waals surface area contributed by atoms with Crippen LogP contribution in [0.25, 0.3) is 0 Å². The first-order valence-corrected chi connectivity index (χ1v) is 8.21. The van der Waals surface area contributed by atoms with Gasteiger partial charge in [-0.15, -0.1) is 0 Å². The van der Waals surface area contributed by atoms with Crippen LogP contribution in [0.2, 0.25) is 0 Å². The Labute approximate surface area is 144 Å². The summed E-state index contributed by atoms with van der Waals surface area (Å²) in [5, 5.41) is 15.6. The lowest BCUT2D eigenvalue weighted by atomic mass is 10.0. The van der Waals surface area contributed by atoms with Crippen LogP contribution >= 0.6 is 0 Å². The molecule has 3 N–H and O–H groups in total. The van der Waals surface area contributed by atoms with Crippen molar-refractivity contribution in [3.8, 4) is 0 Å². The number of aliphatic hydroxyl groups excluding tert-OH is 1. The third kappa shape index (κ3) is 3.79. The van der Waals surface area contributed by atoms with Gasteiger partial charge in [-0.1, -0.05) is 37.3 Å². The molecule has 0 aliphatic heterocycles. The molecule has 0 saturated heterocycles. The topological polar surface area (TPSA) is 61.4 Å². The first-order chi connectivity index (χ1) is 12.0. The second-order valence-corrected chi connectivity index (χ2v) is 6.37. The number of hydrogen-bond donors (Lipinski definition) is 3. The molecule has 6 heteroatoms. The van der Waals surface area contributed by atoms with E-state index in [-0.39, 0.29) is 12.5 Å². The van der Waals surface area contributed by atoms with Gasteiger partial charge in [0.1, 0.15) is 11.6 Å². The molecule has 2 aromatic carbocycles. The molecule has 4 nitrogen and oxygen atoms in total. The van der Waals surface area contributed by atoms with E-state index in [2.05, 4.69) is 10.6 Å². The van der Waals surface area contributed by atoms with E-state index in [0.717, 1.165) is 17.2 Å². The zero-order chi connectivity index (χ0) is 18.0. The molecular formula is C19H20F2N2O2. The summed E-state index contributed by atoms with van der Waals surface area (Å²) in [6, 6.07) is 10.1. The smallest absolute Gasteiger partial charge is 0.315 e. The molecule has 0 fully saturated rings. The third-order valence-electron chi connectivity index (χ3n) is 4.55. The fourth-order valence-electron chi connectivity index (χ4n) is 3.20. The van der Waals surface area contributed by atoms with E-state index >= 15 is 0 Å². The lowest BCUT2D eigenvalue weighted by Gasteiger charge is -2.20. The third-order valence-corrected chi connectivity index (χ3v) is 4.55. The van der Waals surface area contributed by atoms with E-state index in [1.165, 1.54) is 12.1 Å². The fourth-order valence-corrected chi connectivity index (χ4v) is 3.20. The Morgan fingerprint density at radius 3 is 2.80 bits per heavy atom. The Hall–Kier alpha value is -2.47. The van der Waals surface area contributed by atoms with Crippen LogP contribution in [0.15, 0.2) is 42.5 Å². The van der Waals surface area contributed by atoms with Gasteiger partial charge >= 0.3 is 6.03 Å². The average molecular weight is 346 g/mol. The number of carbonyl (C=O) groups excluding carboxylic acids is 1. The maximum Gasteiger partial charge on any atom is 0.315 e. The van der Waals surface area contributed by atoms with Crippen LogP contribution in [0.1, 0.15) is 35.6 Å². The van der Waals surface area contributed by atoms with Crippen LogP contribution in [-0.4, -0.2) is 23.8 Å². The molecule has 0 bridgehead atoms. The van der Waals surface area contributed by atoms with Crippen molar-refractivity contribution in [1.29, 1.82) is 0 Å². The summed E-state index contributed by atoms with van der Waals surface area (Å²) in [4.78, 5) is 12.1. The highest BCUT2D eigenvalue weighted by Crippen LogP contribution is 2.31. The summed E-state index contributed by atoms with van der Waals surface area (Å²) in [5.41, 5.74) is 2.26. The molecular weight excluding hydrogens is 326 g/mol. The molecule has 1 unspecified atom stereocenters. The van der Waals surface area contributed by atoms with E-state index in [9.17, 15) is 18.7 Å². The van der Waals surface area contributed by atoms with Crippen molar-refractivity contribution >= 4 is 6.03 Å². The Kier molecular flexibility index (Phi) is 4.99. The van der Waals surface area contributed by atoms with Crippen molar-refractivity contribution in [2.24, 2.45) is 0 Å². The molecule has 0 radical (unpaired) electrons. The number of nitrogens with one attached hydrogen (secondary N) is 2. The molecule has 25 heavy (non-hydrogen) atoms. The molecule has 0 heterocycles. The standard InChI is InChI=1S/C19H20F2N2O2/c1-11(14-7-6-13(20)9-16(14)21)10-22-19(25)23-18-15-5-3-2-4-12(15)8-17(18)24/h2-7,9,11,17-18,24H,8,10H2,1H3,(H2,22,23,25)/t11?,17-,18+/m1/s1. The largest absolute Gasteiger partial charge is 0.390 e. The highest BCUT2D eigenvalue weighted by molar-refractivity contribution is 5.75. The van der Waals surface area contributed by atoms with Crippen molar-refractivity contribution in [3.05, 3.63) is 70.8 Å². The van der Waals surface area contributed by atoms with E-state index in [1.807, 2.05) is 24.3 Å². The molecule has 0 saturated carbocycles. The number of benzene rings is 2. The quantitative estimate of drug-likeness (QED) is 0.797. The minimum Gasteiger partial charge on any atom is -0.390 e. The van der Waals surface area contributed by atoms with Gasteiger partial charge in [0.15, 0.2) is 0 Å². The van der Waals surface area contributed by atoms with Crippen molar-refractivity contribution in [1.82, 2.24) is 10.6 Å². The van der Waals surface area contributed by atoms with E-state index in [0.29, 0.717) is 12.0 Å². The van der Waals surface area contributed by atoms with Gasteiger partial charge in [-0.05, 0) is 22.8 Å². The number of hydrogen-bond acceptors (Lipinski definition) is 2. The number of rotatable bonds is 4. The Morgan fingerprint density at radius 1 is 1.28 bits per heavy atom. The highest BCUT2D eigenvalue weighted by Gasteiger charge is 2.31. The highest BCUT2D eigenvalue weighted by atomic mass is 19.1. The van der Waals surface area contributed by atoms with Gasteiger partial charge in [0.2, 0.25) is 0 Å². The van der Waals surface area contributed by atoms with Crippen LogP contribution < -0.4 is 10.6 Å². The lowest BCUT2D eigenvalue weighted by molar-refractivity contribution is 0.142. The second-order valence-electron chi connectivity index (χ2n) is 6.37. The predicted molar refractivity (Wildman–Crippen MR) is 90.2 cm³/mol. The first kappa shape index (κ1) is 17.4. The minimum absolute atomic E-state index is 0.193. The normalized spacial score (nSPS) is 20.0. The van der Waals surface area contributed by atoms with Gasteiger partial charge in [0, 0.05) is 24.9 Å². The summed E-state index contributed by atoms with van der Waals surface area (Å²) in [6.07, 6.45) is -0.173. The van der Waals surface area contributed by atoms with Crippen molar-refractivity contribution in [2.75, 3.05) is 6.54 Å². The number of carbonyl (C=O) groups is 1. The maximum atomic E-state index is 13.8. The first-order valence-electron chi connectivity index (χ1n) is 8.21. The number of urea groups is 1. The van der Waals surface area contributed by atoms with Gasteiger partial charge in [-0.2, -0.15) is 0 Å². The second kappa shape index (κ2) is 7.19. The van der Waals surface area contributed by atoms with Crippen molar-refractivity contribution in [3.63, 3.8) is 0 Å². The van der Waals surface area contributed by atoms with Crippen LogP contribution in [-0.2, 0) is 6.42 Å². The summed E-state index contributed by atoms with van der Waals surface area (Å²) >= 11 is 0. The Bertz CT molecular complexity index is 782. The summed E-state index contributed by atoms with van der Waals surface area (Å²) in [7, 11) is 0. The van der Waals surface area contributed by atoms with Crippen LogP contribution in [0.4, 0.5) is 13.6 Å². The number of aliphatic hydroxyl groups is 1. The summed E-state index contributed by atoms with van der Waals surface area (Å²) < 4.78 is 26.7. The van der Waals surface area contributed by atoms with Crippen molar-refractivity contribution in [2.45, 2.75) is 31.4 Å². The van der Waals surface area contributed by atoms with Gasteiger partial charge in [-0.25, -0.2) is 13.6 Å². The van der Waals surface area contributed by atoms with Gasteiger partial charge in [0.25, 0.3) is 0 Å². The van der Waals surface area contributed by atoms with Crippen LogP contribution in [0, 0.1) is 11.6 Å². The molecule has 2 aromatic rings. The molecule has 0 spiro atoms. The molecule has 3 rings (SSSR count). The predicted octanol–water partition coefficient (Wildman–Crippen LogP) is 3.03. The van der Waals surface area contributed by atoms with Crippen LogP contribution in [0.5, 0.6) is 0 Å².